The second-order valence-corrected chi connectivity index (χ2v) is 5.88. The van der Waals surface area contributed by atoms with Crippen LogP contribution in [0.1, 0.15) is 33.1 Å². The minimum atomic E-state index is -0.323. The number of amides is 2. The van der Waals surface area contributed by atoms with E-state index in [1.54, 1.807) is 0 Å². The lowest BCUT2D eigenvalue weighted by Gasteiger charge is -2.26. The van der Waals surface area contributed by atoms with Gasteiger partial charge in [-0.25, -0.2) is 0 Å². The largest absolute Gasteiger partial charge is 0.379 e. The van der Waals surface area contributed by atoms with Crippen molar-refractivity contribution in [2.24, 2.45) is 0 Å². The lowest BCUT2D eigenvalue weighted by Crippen LogP contribution is -2.43. The topological polar surface area (TPSA) is 61.9 Å². The maximum atomic E-state index is 12.2. The second-order valence-electron chi connectivity index (χ2n) is 5.88. The Morgan fingerprint density at radius 1 is 1.33 bits per heavy atom. The highest BCUT2D eigenvalue weighted by Crippen LogP contribution is 2.17. The van der Waals surface area contributed by atoms with Gasteiger partial charge in [0.1, 0.15) is 0 Å². The van der Waals surface area contributed by atoms with E-state index in [2.05, 4.69) is 10.2 Å². The van der Waals surface area contributed by atoms with E-state index in [-0.39, 0.29) is 23.9 Å². The summed E-state index contributed by atoms with van der Waals surface area (Å²) in [5.74, 6) is -0.0965. The molecule has 6 heteroatoms. The third-order valence-electron chi connectivity index (χ3n) is 4.36. The summed E-state index contributed by atoms with van der Waals surface area (Å²) in [6.07, 6.45) is 2.10. The molecule has 1 N–H and O–H groups in total. The normalized spacial score (nSPS) is 25.6. The van der Waals surface area contributed by atoms with E-state index < -0.39 is 0 Å². The summed E-state index contributed by atoms with van der Waals surface area (Å²) >= 11 is 0. The molecule has 2 rings (SSSR count). The van der Waals surface area contributed by atoms with E-state index >= 15 is 0 Å². The molecule has 0 bridgehead atoms. The SMILES string of the molecule is CCC(C)N1C(=O)CC(NCCCN2CCOCC2)C1=O. The number of carbonyl (C=O) groups is 2. The number of rotatable bonds is 7. The summed E-state index contributed by atoms with van der Waals surface area (Å²) in [6.45, 7) is 9.31. The Kier molecular flexibility index (Phi) is 6.14. The van der Waals surface area contributed by atoms with Gasteiger partial charge < -0.3 is 10.1 Å². The second kappa shape index (κ2) is 7.87. The smallest absolute Gasteiger partial charge is 0.247 e. The van der Waals surface area contributed by atoms with Crippen LogP contribution >= 0.6 is 0 Å². The molecule has 0 aromatic carbocycles. The third kappa shape index (κ3) is 4.25. The molecule has 2 aliphatic rings. The van der Waals surface area contributed by atoms with E-state index in [1.807, 2.05) is 13.8 Å². The number of ether oxygens (including phenoxy) is 1. The monoisotopic (exact) mass is 297 g/mol. The molecule has 2 atom stereocenters. The predicted octanol–water partition coefficient (Wildman–Crippen LogP) is 0.224. The average Bonchev–Trinajstić information content (AvgIpc) is 2.78. The first-order valence-corrected chi connectivity index (χ1v) is 8.03. The summed E-state index contributed by atoms with van der Waals surface area (Å²) < 4.78 is 5.31. The van der Waals surface area contributed by atoms with E-state index in [9.17, 15) is 9.59 Å². The lowest BCUT2D eigenvalue weighted by atomic mass is 10.2. The molecule has 2 amide bonds. The highest BCUT2D eigenvalue weighted by molar-refractivity contribution is 6.05. The molecule has 2 fully saturated rings. The van der Waals surface area contributed by atoms with Crippen molar-refractivity contribution in [1.82, 2.24) is 15.1 Å². The zero-order valence-electron chi connectivity index (χ0n) is 13.1. The van der Waals surface area contributed by atoms with Crippen molar-refractivity contribution in [2.45, 2.75) is 45.2 Å². The van der Waals surface area contributed by atoms with Gasteiger partial charge in [-0.05, 0) is 32.9 Å². The fourth-order valence-corrected chi connectivity index (χ4v) is 2.86. The number of hydrogen-bond acceptors (Lipinski definition) is 5. The molecule has 2 aliphatic heterocycles. The van der Waals surface area contributed by atoms with Gasteiger partial charge in [0.2, 0.25) is 11.8 Å². The summed E-state index contributed by atoms with van der Waals surface area (Å²) in [5.41, 5.74) is 0. The summed E-state index contributed by atoms with van der Waals surface area (Å²) in [4.78, 5) is 27.9. The molecule has 120 valence electrons. The Morgan fingerprint density at radius 3 is 2.71 bits per heavy atom. The Bertz CT molecular complexity index is 369. The molecule has 0 aliphatic carbocycles. The van der Waals surface area contributed by atoms with Crippen molar-refractivity contribution in [3.63, 3.8) is 0 Å². The number of nitrogens with one attached hydrogen (secondary N) is 1. The van der Waals surface area contributed by atoms with Crippen LogP contribution in [0.2, 0.25) is 0 Å². The molecule has 0 spiro atoms. The maximum Gasteiger partial charge on any atom is 0.247 e. The van der Waals surface area contributed by atoms with Crippen LogP contribution in [0.3, 0.4) is 0 Å². The lowest BCUT2D eigenvalue weighted by molar-refractivity contribution is -0.141. The van der Waals surface area contributed by atoms with Gasteiger partial charge in [0.25, 0.3) is 0 Å². The quantitative estimate of drug-likeness (QED) is 0.538. The Labute approximate surface area is 126 Å². The van der Waals surface area contributed by atoms with Gasteiger partial charge in [-0.2, -0.15) is 0 Å². The number of morpholine rings is 1. The fraction of sp³-hybridized carbons (Fsp3) is 0.867. The number of hydrogen-bond donors (Lipinski definition) is 1. The minimum absolute atomic E-state index is 0.00477. The number of likely N-dealkylation sites (tertiary alicyclic amines) is 1. The van der Waals surface area contributed by atoms with Crippen molar-refractivity contribution in [3.8, 4) is 0 Å². The summed E-state index contributed by atoms with van der Waals surface area (Å²) in [7, 11) is 0. The molecule has 21 heavy (non-hydrogen) atoms. The highest BCUT2D eigenvalue weighted by atomic mass is 16.5. The average molecular weight is 297 g/mol. The third-order valence-corrected chi connectivity index (χ3v) is 4.36. The summed E-state index contributed by atoms with van der Waals surface area (Å²) in [6, 6.07) is -0.318. The zero-order chi connectivity index (χ0) is 15.2. The number of imide groups is 1. The van der Waals surface area contributed by atoms with Gasteiger partial charge in [0.05, 0.1) is 25.7 Å². The first kappa shape index (κ1) is 16.4. The zero-order valence-corrected chi connectivity index (χ0v) is 13.1. The first-order chi connectivity index (χ1) is 10.1. The molecule has 2 saturated heterocycles. The van der Waals surface area contributed by atoms with Crippen molar-refractivity contribution >= 4 is 11.8 Å². The van der Waals surface area contributed by atoms with E-state index in [1.165, 1.54) is 4.90 Å². The minimum Gasteiger partial charge on any atom is -0.379 e. The van der Waals surface area contributed by atoms with Crippen LogP contribution in [0, 0.1) is 0 Å². The van der Waals surface area contributed by atoms with Crippen LogP contribution in [0.25, 0.3) is 0 Å². The van der Waals surface area contributed by atoms with Gasteiger partial charge in [0.15, 0.2) is 0 Å². The molecule has 0 saturated carbocycles. The van der Waals surface area contributed by atoms with Gasteiger partial charge in [-0.3, -0.25) is 19.4 Å². The number of carbonyl (C=O) groups excluding carboxylic acids is 2. The van der Waals surface area contributed by atoms with Crippen LogP contribution in [0.5, 0.6) is 0 Å². The van der Waals surface area contributed by atoms with Gasteiger partial charge in [0, 0.05) is 19.1 Å². The standard InChI is InChI=1S/C15H27N3O3/c1-3-12(2)18-14(19)11-13(15(18)20)16-5-4-6-17-7-9-21-10-8-17/h12-13,16H,3-11H2,1-2H3. The molecule has 2 unspecified atom stereocenters. The Hall–Kier alpha value is -0.980. The fourth-order valence-electron chi connectivity index (χ4n) is 2.86. The maximum absolute atomic E-state index is 12.2. The Morgan fingerprint density at radius 2 is 2.05 bits per heavy atom. The molecule has 0 aromatic rings. The van der Waals surface area contributed by atoms with Crippen LogP contribution in [0.4, 0.5) is 0 Å². The number of nitrogens with zero attached hydrogens (tertiary/aromatic N) is 2. The van der Waals surface area contributed by atoms with Crippen molar-refractivity contribution < 1.29 is 14.3 Å². The van der Waals surface area contributed by atoms with Crippen LogP contribution in [-0.2, 0) is 14.3 Å². The molecule has 6 nitrogen and oxygen atoms in total. The molecule has 2 heterocycles. The van der Waals surface area contributed by atoms with E-state index in [0.29, 0.717) is 6.42 Å². The van der Waals surface area contributed by atoms with Crippen molar-refractivity contribution in [3.05, 3.63) is 0 Å². The molecular formula is C15H27N3O3. The van der Waals surface area contributed by atoms with Gasteiger partial charge in [-0.1, -0.05) is 6.92 Å². The predicted molar refractivity (Wildman–Crippen MR) is 79.9 cm³/mol. The highest BCUT2D eigenvalue weighted by Gasteiger charge is 2.40. The Balaban J connectivity index is 1.69. The summed E-state index contributed by atoms with van der Waals surface area (Å²) in [5, 5.41) is 3.24. The van der Waals surface area contributed by atoms with Crippen molar-refractivity contribution in [2.75, 3.05) is 39.4 Å². The van der Waals surface area contributed by atoms with Crippen LogP contribution in [-0.4, -0.2) is 73.1 Å². The van der Waals surface area contributed by atoms with Crippen molar-refractivity contribution in [1.29, 1.82) is 0 Å². The molecular weight excluding hydrogens is 270 g/mol. The molecule has 0 aromatic heterocycles. The van der Waals surface area contributed by atoms with Gasteiger partial charge in [-0.15, -0.1) is 0 Å². The molecule has 0 radical (unpaired) electrons. The van der Waals surface area contributed by atoms with Crippen LogP contribution < -0.4 is 5.32 Å². The van der Waals surface area contributed by atoms with Gasteiger partial charge >= 0.3 is 0 Å². The van der Waals surface area contributed by atoms with E-state index in [4.69, 9.17) is 4.74 Å². The first-order valence-electron chi connectivity index (χ1n) is 8.03. The van der Waals surface area contributed by atoms with Crippen LogP contribution in [0.15, 0.2) is 0 Å². The van der Waals surface area contributed by atoms with E-state index in [0.717, 1.165) is 52.2 Å².